The molecule has 3 aromatic carbocycles. The molecule has 0 unspecified atom stereocenters. The lowest BCUT2D eigenvalue weighted by Gasteiger charge is -2.05. The Kier molecular flexibility index (Phi) is 5.26. The molecule has 0 saturated carbocycles. The molecule has 2 aromatic heterocycles. The minimum absolute atomic E-state index is 0.0289. The van der Waals surface area contributed by atoms with E-state index in [2.05, 4.69) is 10.3 Å². The molecule has 1 amide bonds. The fourth-order valence-electron chi connectivity index (χ4n) is 3.80. The molecule has 166 valence electrons. The van der Waals surface area contributed by atoms with Crippen LogP contribution in [0.25, 0.3) is 21.1 Å². The number of hydrogen-bond acceptors (Lipinski definition) is 5. The molecule has 8 heteroatoms. The standard InChI is InChI=1S/C25H21N3O3S2/c1-16-7-10-18(11-8-16)33(30,31)23-14-28(21-6-4-3-5-19(21)23)15-24(29)27-25-26-20-12-9-17(2)13-22(20)32-25/h3-14H,15H2,1-2H3,(H,26,27,29). The number of sulfone groups is 1. The van der Waals surface area contributed by atoms with Gasteiger partial charge in [-0.1, -0.05) is 53.3 Å². The van der Waals surface area contributed by atoms with E-state index in [1.165, 1.54) is 11.3 Å². The number of benzene rings is 3. The summed E-state index contributed by atoms with van der Waals surface area (Å²) in [6, 6.07) is 19.9. The molecule has 2 heterocycles. The highest BCUT2D eigenvalue weighted by Gasteiger charge is 2.24. The zero-order valence-electron chi connectivity index (χ0n) is 18.1. The maximum absolute atomic E-state index is 13.4. The lowest BCUT2D eigenvalue weighted by atomic mass is 10.2. The second kappa shape index (κ2) is 8.13. The Hall–Kier alpha value is -3.49. The monoisotopic (exact) mass is 475 g/mol. The zero-order valence-corrected chi connectivity index (χ0v) is 19.7. The number of rotatable bonds is 5. The van der Waals surface area contributed by atoms with Gasteiger partial charge in [0.1, 0.15) is 6.54 Å². The highest BCUT2D eigenvalue weighted by molar-refractivity contribution is 7.91. The van der Waals surface area contributed by atoms with Crippen molar-refractivity contribution in [2.24, 2.45) is 0 Å². The van der Waals surface area contributed by atoms with Crippen LogP contribution in [0, 0.1) is 13.8 Å². The summed E-state index contributed by atoms with van der Waals surface area (Å²) in [5.74, 6) is -0.272. The first kappa shape index (κ1) is 21.4. The number of carbonyl (C=O) groups is 1. The van der Waals surface area contributed by atoms with Crippen LogP contribution in [0.3, 0.4) is 0 Å². The van der Waals surface area contributed by atoms with E-state index in [4.69, 9.17) is 0 Å². The molecular formula is C25H21N3O3S2. The van der Waals surface area contributed by atoms with E-state index in [-0.39, 0.29) is 22.2 Å². The molecule has 0 bridgehead atoms. The number of nitrogens with zero attached hydrogens (tertiary/aromatic N) is 2. The van der Waals surface area contributed by atoms with Gasteiger partial charge in [-0.05, 0) is 49.7 Å². The predicted octanol–water partition coefficient (Wildman–Crippen LogP) is 5.34. The summed E-state index contributed by atoms with van der Waals surface area (Å²) < 4.78 is 29.4. The number of aryl methyl sites for hydroxylation is 2. The Morgan fingerprint density at radius 1 is 1.00 bits per heavy atom. The van der Waals surface area contributed by atoms with Gasteiger partial charge in [-0.3, -0.25) is 4.79 Å². The first-order chi connectivity index (χ1) is 15.8. The maximum Gasteiger partial charge on any atom is 0.246 e. The number of para-hydroxylation sites is 1. The third kappa shape index (κ3) is 4.03. The molecule has 6 nitrogen and oxygen atoms in total. The number of nitrogens with one attached hydrogen (secondary N) is 1. The topological polar surface area (TPSA) is 81.1 Å². The molecule has 0 saturated heterocycles. The van der Waals surface area contributed by atoms with Crippen LogP contribution in [0.5, 0.6) is 0 Å². The van der Waals surface area contributed by atoms with Gasteiger partial charge in [-0.15, -0.1) is 0 Å². The molecular weight excluding hydrogens is 454 g/mol. The lowest BCUT2D eigenvalue weighted by molar-refractivity contribution is -0.116. The first-order valence-electron chi connectivity index (χ1n) is 10.4. The van der Waals surface area contributed by atoms with Gasteiger partial charge in [0.05, 0.1) is 20.0 Å². The molecule has 0 atom stereocenters. The van der Waals surface area contributed by atoms with Gasteiger partial charge in [0.25, 0.3) is 0 Å². The highest BCUT2D eigenvalue weighted by atomic mass is 32.2. The van der Waals surface area contributed by atoms with Crippen molar-refractivity contribution in [1.29, 1.82) is 0 Å². The first-order valence-corrected chi connectivity index (χ1v) is 12.7. The van der Waals surface area contributed by atoms with Crippen molar-refractivity contribution in [2.45, 2.75) is 30.2 Å². The van der Waals surface area contributed by atoms with Crippen LogP contribution in [0.4, 0.5) is 5.13 Å². The number of carbonyl (C=O) groups excluding carboxylic acids is 1. The fourth-order valence-corrected chi connectivity index (χ4v) is 6.26. The molecule has 0 fully saturated rings. The molecule has 0 aliphatic rings. The van der Waals surface area contributed by atoms with Crippen LogP contribution in [0.1, 0.15) is 11.1 Å². The van der Waals surface area contributed by atoms with Crippen LogP contribution < -0.4 is 5.32 Å². The Balaban J connectivity index is 1.47. The maximum atomic E-state index is 13.4. The number of aromatic nitrogens is 2. The Morgan fingerprint density at radius 3 is 2.52 bits per heavy atom. The third-order valence-corrected chi connectivity index (χ3v) is 8.21. The van der Waals surface area contributed by atoms with Crippen LogP contribution in [0.15, 0.2) is 82.7 Å². The average Bonchev–Trinajstić information content (AvgIpc) is 3.35. The van der Waals surface area contributed by atoms with Gasteiger partial charge < -0.3 is 9.88 Å². The van der Waals surface area contributed by atoms with E-state index in [9.17, 15) is 13.2 Å². The number of hydrogen-bond donors (Lipinski definition) is 1. The summed E-state index contributed by atoms with van der Waals surface area (Å²) in [4.78, 5) is 17.7. The molecule has 1 N–H and O–H groups in total. The van der Waals surface area contributed by atoms with E-state index < -0.39 is 9.84 Å². The summed E-state index contributed by atoms with van der Waals surface area (Å²) in [6.45, 7) is 3.89. The van der Waals surface area contributed by atoms with Gasteiger partial charge in [-0.2, -0.15) is 0 Å². The van der Waals surface area contributed by atoms with E-state index in [1.807, 2.05) is 44.2 Å². The van der Waals surface area contributed by atoms with Gasteiger partial charge in [0, 0.05) is 17.1 Å². The average molecular weight is 476 g/mol. The highest BCUT2D eigenvalue weighted by Crippen LogP contribution is 2.31. The largest absolute Gasteiger partial charge is 0.337 e. The summed E-state index contributed by atoms with van der Waals surface area (Å²) in [5.41, 5.74) is 3.63. The zero-order chi connectivity index (χ0) is 23.2. The molecule has 0 spiro atoms. The predicted molar refractivity (Wildman–Crippen MR) is 132 cm³/mol. The smallest absolute Gasteiger partial charge is 0.246 e. The molecule has 0 aliphatic carbocycles. The molecule has 33 heavy (non-hydrogen) atoms. The Bertz CT molecular complexity index is 1610. The van der Waals surface area contributed by atoms with Crippen LogP contribution >= 0.6 is 11.3 Å². The normalized spacial score (nSPS) is 11.8. The van der Waals surface area contributed by atoms with Crippen LogP contribution in [-0.4, -0.2) is 23.9 Å². The number of thiazole rings is 1. The van der Waals surface area contributed by atoms with Gasteiger partial charge >= 0.3 is 0 Å². The second-order valence-corrected chi connectivity index (χ2v) is 10.9. The van der Waals surface area contributed by atoms with Crippen molar-refractivity contribution in [3.8, 4) is 0 Å². The molecule has 0 radical (unpaired) electrons. The minimum Gasteiger partial charge on any atom is -0.337 e. The summed E-state index contributed by atoms with van der Waals surface area (Å²) in [7, 11) is -3.74. The Labute approximate surface area is 195 Å². The van der Waals surface area contributed by atoms with Crippen molar-refractivity contribution < 1.29 is 13.2 Å². The lowest BCUT2D eigenvalue weighted by Crippen LogP contribution is -2.18. The van der Waals surface area contributed by atoms with Crippen LogP contribution in [-0.2, 0) is 21.2 Å². The summed E-state index contributed by atoms with van der Waals surface area (Å²) in [6.07, 6.45) is 1.54. The van der Waals surface area contributed by atoms with Gasteiger partial charge in [0.15, 0.2) is 5.13 Å². The summed E-state index contributed by atoms with van der Waals surface area (Å²) >= 11 is 1.41. The SMILES string of the molecule is Cc1ccc(S(=O)(=O)c2cn(CC(=O)Nc3nc4ccc(C)cc4s3)c3ccccc23)cc1. The number of anilines is 1. The minimum atomic E-state index is -3.74. The number of amides is 1. The van der Waals surface area contributed by atoms with E-state index in [1.54, 1.807) is 47.2 Å². The van der Waals surface area contributed by atoms with Crippen molar-refractivity contribution in [1.82, 2.24) is 9.55 Å². The third-order valence-electron chi connectivity index (χ3n) is 5.48. The molecule has 5 aromatic rings. The van der Waals surface area contributed by atoms with E-state index in [0.717, 1.165) is 21.3 Å². The quantitative estimate of drug-likeness (QED) is 0.372. The van der Waals surface area contributed by atoms with Crippen molar-refractivity contribution in [3.63, 3.8) is 0 Å². The fraction of sp³-hybridized carbons (Fsp3) is 0.120. The van der Waals surface area contributed by atoms with E-state index >= 15 is 0 Å². The van der Waals surface area contributed by atoms with Crippen molar-refractivity contribution in [3.05, 3.63) is 84.1 Å². The van der Waals surface area contributed by atoms with Gasteiger partial charge in [-0.25, -0.2) is 13.4 Å². The summed E-state index contributed by atoms with van der Waals surface area (Å²) in [5, 5.41) is 3.95. The van der Waals surface area contributed by atoms with Crippen LogP contribution in [0.2, 0.25) is 0 Å². The number of fused-ring (bicyclic) bond motifs is 2. The van der Waals surface area contributed by atoms with Crippen molar-refractivity contribution >= 4 is 53.3 Å². The molecule has 0 aliphatic heterocycles. The second-order valence-electron chi connectivity index (χ2n) is 7.99. The molecule has 5 rings (SSSR count). The Morgan fingerprint density at radius 2 is 1.73 bits per heavy atom. The van der Waals surface area contributed by atoms with Crippen molar-refractivity contribution in [2.75, 3.05) is 5.32 Å². The van der Waals surface area contributed by atoms with Gasteiger partial charge in [0.2, 0.25) is 15.7 Å². The van der Waals surface area contributed by atoms with E-state index in [0.29, 0.717) is 16.0 Å².